The molecule has 0 saturated carbocycles. The summed E-state index contributed by atoms with van der Waals surface area (Å²) < 4.78 is 15.6. The van der Waals surface area contributed by atoms with E-state index in [4.69, 9.17) is 10.5 Å². The Hall–Kier alpha value is -3.42. The number of para-hydroxylation sites is 1. The highest BCUT2D eigenvalue weighted by Gasteiger charge is 2.10. The average Bonchev–Trinajstić information content (AvgIpc) is 2.85. The van der Waals surface area contributed by atoms with Gasteiger partial charge in [0.15, 0.2) is 0 Å². The molecule has 0 spiro atoms. The number of hydrogen-bond donors (Lipinski definition) is 2. The third kappa shape index (κ3) is 4.74. The molecule has 0 aliphatic rings. The molecule has 0 saturated heterocycles. The van der Waals surface area contributed by atoms with Gasteiger partial charge in [0.25, 0.3) is 0 Å². The highest BCUT2D eigenvalue weighted by atomic mass is 32.2. The molecule has 0 aliphatic carbocycles. The molecule has 0 amide bonds. The fourth-order valence-corrected chi connectivity index (χ4v) is 3.80. The van der Waals surface area contributed by atoms with Crippen LogP contribution in [-0.2, 0) is 0 Å². The number of nitrogen functional groups attached to an aromatic ring is 1. The summed E-state index contributed by atoms with van der Waals surface area (Å²) in [5.74, 6) is 0.820. The van der Waals surface area contributed by atoms with Crippen molar-refractivity contribution in [3.05, 3.63) is 72.9 Å². The second-order valence-electron chi connectivity index (χ2n) is 7.24. The number of benzene rings is 3. The molecule has 3 N–H and O–H groups in total. The molecular formula is C25H24N4O2S. The van der Waals surface area contributed by atoms with Gasteiger partial charge in [-0.25, -0.2) is 0 Å². The molecule has 0 atom stereocenters. The second kappa shape index (κ2) is 10.3. The van der Waals surface area contributed by atoms with E-state index >= 15 is 0 Å². The van der Waals surface area contributed by atoms with E-state index in [-0.39, 0.29) is 0 Å². The molecule has 0 unspecified atom stereocenters. The Bertz CT molecular complexity index is 1240. The SMILES string of the molecule is CCCCOc1ccccc1-c1ccc(/N=N/c2cc(SO)c3ccccc3c2N)cn1. The number of anilines is 1. The van der Waals surface area contributed by atoms with Gasteiger partial charge in [-0.05, 0) is 42.1 Å². The van der Waals surface area contributed by atoms with Gasteiger partial charge in [-0.1, -0.05) is 49.7 Å². The van der Waals surface area contributed by atoms with E-state index in [2.05, 4.69) is 22.1 Å². The highest BCUT2D eigenvalue weighted by molar-refractivity contribution is 7.94. The lowest BCUT2D eigenvalue weighted by Gasteiger charge is -2.10. The van der Waals surface area contributed by atoms with E-state index in [0.717, 1.165) is 40.6 Å². The van der Waals surface area contributed by atoms with Gasteiger partial charge in [-0.3, -0.25) is 4.98 Å². The third-order valence-corrected chi connectivity index (χ3v) is 5.60. The van der Waals surface area contributed by atoms with Gasteiger partial charge in [0, 0.05) is 27.9 Å². The van der Waals surface area contributed by atoms with Crippen molar-refractivity contribution in [1.29, 1.82) is 0 Å². The molecule has 1 aromatic heterocycles. The van der Waals surface area contributed by atoms with E-state index in [1.165, 1.54) is 0 Å². The molecule has 0 aliphatic heterocycles. The van der Waals surface area contributed by atoms with Crippen LogP contribution in [0.15, 0.2) is 88.1 Å². The summed E-state index contributed by atoms with van der Waals surface area (Å²) in [5, 5.41) is 10.3. The summed E-state index contributed by atoms with van der Waals surface area (Å²) in [6.07, 6.45) is 3.76. The van der Waals surface area contributed by atoms with Crippen LogP contribution in [0.25, 0.3) is 22.0 Å². The zero-order valence-corrected chi connectivity index (χ0v) is 18.5. The molecule has 0 radical (unpaired) electrons. The summed E-state index contributed by atoms with van der Waals surface area (Å²) in [4.78, 5) is 5.22. The fraction of sp³-hybridized carbons (Fsp3) is 0.160. The number of pyridine rings is 1. The number of ether oxygens (including phenoxy) is 1. The van der Waals surface area contributed by atoms with Crippen LogP contribution in [0.4, 0.5) is 17.1 Å². The molecule has 4 rings (SSSR count). The molecular weight excluding hydrogens is 420 g/mol. The third-order valence-electron chi connectivity index (χ3n) is 5.06. The first-order valence-electron chi connectivity index (χ1n) is 10.4. The van der Waals surface area contributed by atoms with Crippen LogP contribution >= 0.6 is 12.0 Å². The lowest BCUT2D eigenvalue weighted by atomic mass is 10.1. The first-order chi connectivity index (χ1) is 15.7. The number of unbranched alkanes of at least 4 members (excludes halogenated alkanes) is 1. The van der Waals surface area contributed by atoms with Crippen molar-refractivity contribution in [2.24, 2.45) is 10.2 Å². The van der Waals surface area contributed by atoms with Crippen molar-refractivity contribution in [2.75, 3.05) is 12.3 Å². The molecule has 3 aromatic carbocycles. The quantitative estimate of drug-likeness (QED) is 0.126. The highest BCUT2D eigenvalue weighted by Crippen LogP contribution is 2.38. The van der Waals surface area contributed by atoms with E-state index in [1.54, 1.807) is 12.3 Å². The smallest absolute Gasteiger partial charge is 0.128 e. The summed E-state index contributed by atoms with van der Waals surface area (Å²) >= 11 is 0.669. The van der Waals surface area contributed by atoms with Crippen molar-refractivity contribution in [3.63, 3.8) is 0 Å². The molecule has 4 aromatic rings. The summed E-state index contributed by atoms with van der Waals surface area (Å²) in [6, 6.07) is 21.0. The number of fused-ring (bicyclic) bond motifs is 1. The predicted octanol–water partition coefficient (Wildman–Crippen LogP) is 7.64. The first-order valence-corrected chi connectivity index (χ1v) is 11.2. The fourth-order valence-electron chi connectivity index (χ4n) is 3.36. The molecule has 1 heterocycles. The van der Waals surface area contributed by atoms with Crippen LogP contribution < -0.4 is 10.5 Å². The van der Waals surface area contributed by atoms with Crippen LogP contribution in [0, 0.1) is 0 Å². The lowest BCUT2D eigenvalue weighted by molar-refractivity contribution is 0.310. The monoisotopic (exact) mass is 444 g/mol. The minimum absolute atomic E-state index is 0.499. The van der Waals surface area contributed by atoms with Crippen LogP contribution in [0.3, 0.4) is 0 Å². The number of azo groups is 1. The Balaban J connectivity index is 1.58. The summed E-state index contributed by atoms with van der Waals surface area (Å²) in [5.41, 5.74) is 9.66. The first kappa shape index (κ1) is 21.8. The number of hydrogen-bond acceptors (Lipinski definition) is 7. The average molecular weight is 445 g/mol. The predicted molar refractivity (Wildman–Crippen MR) is 131 cm³/mol. The Morgan fingerprint density at radius 1 is 1.00 bits per heavy atom. The van der Waals surface area contributed by atoms with Gasteiger partial charge >= 0.3 is 0 Å². The maximum absolute atomic E-state index is 9.65. The second-order valence-corrected chi connectivity index (χ2v) is 7.87. The summed E-state index contributed by atoms with van der Waals surface area (Å²) in [7, 11) is 0. The maximum Gasteiger partial charge on any atom is 0.128 e. The maximum atomic E-state index is 9.65. The van der Waals surface area contributed by atoms with E-state index in [9.17, 15) is 4.55 Å². The van der Waals surface area contributed by atoms with Crippen LogP contribution in [0.2, 0.25) is 0 Å². The Morgan fingerprint density at radius 3 is 2.53 bits per heavy atom. The molecule has 0 fully saturated rings. The Kier molecular flexibility index (Phi) is 6.99. The minimum atomic E-state index is 0.499. The Labute approximate surface area is 191 Å². The zero-order chi connectivity index (χ0) is 22.3. The van der Waals surface area contributed by atoms with Crippen molar-refractivity contribution in [3.8, 4) is 17.0 Å². The molecule has 6 nitrogen and oxygen atoms in total. The number of aromatic nitrogens is 1. The van der Waals surface area contributed by atoms with Crippen molar-refractivity contribution >= 4 is 39.9 Å². The van der Waals surface area contributed by atoms with Crippen molar-refractivity contribution in [2.45, 2.75) is 24.7 Å². The van der Waals surface area contributed by atoms with E-state index in [1.807, 2.05) is 60.7 Å². The topological polar surface area (TPSA) is 93.1 Å². The van der Waals surface area contributed by atoms with Crippen LogP contribution in [-0.4, -0.2) is 16.1 Å². The van der Waals surface area contributed by atoms with Gasteiger partial charge in [0.2, 0.25) is 0 Å². The standard InChI is InChI=1S/C25H24N4O2S/c1-2-3-14-31-23-11-7-6-10-20(23)21-13-12-17(16-27-21)28-29-22-15-24(32-30)18-8-4-5-9-19(18)25(22)26/h4-13,15-16,30H,2-3,14,26H2,1H3/b29-28+. The van der Waals surface area contributed by atoms with Crippen molar-refractivity contribution < 1.29 is 9.29 Å². The molecule has 162 valence electrons. The van der Waals surface area contributed by atoms with Crippen LogP contribution in [0.5, 0.6) is 5.75 Å². The zero-order valence-electron chi connectivity index (χ0n) is 17.7. The summed E-state index contributed by atoms with van der Waals surface area (Å²) in [6.45, 7) is 2.82. The van der Waals surface area contributed by atoms with E-state index in [0.29, 0.717) is 40.6 Å². The van der Waals surface area contributed by atoms with Crippen molar-refractivity contribution in [1.82, 2.24) is 4.98 Å². The van der Waals surface area contributed by atoms with Gasteiger partial charge in [-0.15, -0.1) is 10.2 Å². The number of nitrogens with two attached hydrogens (primary N) is 1. The molecule has 32 heavy (non-hydrogen) atoms. The van der Waals surface area contributed by atoms with Gasteiger partial charge < -0.3 is 15.0 Å². The number of rotatable bonds is 8. The van der Waals surface area contributed by atoms with Gasteiger partial charge in [0.1, 0.15) is 17.1 Å². The normalized spacial score (nSPS) is 11.3. The van der Waals surface area contributed by atoms with Gasteiger partial charge in [-0.2, -0.15) is 0 Å². The lowest BCUT2D eigenvalue weighted by Crippen LogP contribution is -1.98. The molecule has 0 bridgehead atoms. The largest absolute Gasteiger partial charge is 0.493 e. The number of nitrogens with zero attached hydrogens (tertiary/aromatic N) is 3. The van der Waals surface area contributed by atoms with Crippen LogP contribution in [0.1, 0.15) is 19.8 Å². The Morgan fingerprint density at radius 2 is 1.78 bits per heavy atom. The van der Waals surface area contributed by atoms with Gasteiger partial charge in [0.05, 0.1) is 24.2 Å². The molecule has 7 heteroatoms. The van der Waals surface area contributed by atoms with E-state index < -0.39 is 0 Å². The minimum Gasteiger partial charge on any atom is -0.493 e.